The zero-order valence-electron chi connectivity index (χ0n) is 23.7. The van der Waals surface area contributed by atoms with Crippen molar-refractivity contribution in [2.75, 3.05) is 37.7 Å². The number of anilines is 1. The zero-order chi connectivity index (χ0) is 28.6. The molecule has 4 atom stereocenters. The smallest absolute Gasteiger partial charge is 0.319 e. The molecule has 4 saturated heterocycles. The van der Waals surface area contributed by atoms with Gasteiger partial charge in [0.15, 0.2) is 0 Å². The predicted octanol–water partition coefficient (Wildman–Crippen LogP) is 6.01. The van der Waals surface area contributed by atoms with Crippen molar-refractivity contribution in [3.8, 4) is 22.9 Å². The highest BCUT2D eigenvalue weighted by atomic mass is 35.5. The van der Waals surface area contributed by atoms with E-state index in [0.29, 0.717) is 42.7 Å². The Morgan fingerprint density at radius 3 is 2.76 bits per heavy atom. The van der Waals surface area contributed by atoms with E-state index in [1.165, 1.54) is 12.8 Å². The Morgan fingerprint density at radius 1 is 1.10 bits per heavy atom. The van der Waals surface area contributed by atoms with Gasteiger partial charge in [-0.2, -0.15) is 9.97 Å². The molecule has 4 fully saturated rings. The second-order valence-electron chi connectivity index (χ2n) is 12.7. The number of rotatable bonds is 5. The van der Waals surface area contributed by atoms with Gasteiger partial charge in [0.05, 0.1) is 11.1 Å². The molecule has 0 radical (unpaired) electrons. The molecule has 0 amide bonds. The summed E-state index contributed by atoms with van der Waals surface area (Å²) >= 11 is 6.71. The van der Waals surface area contributed by atoms with Crippen LogP contribution in [0.3, 0.4) is 0 Å². The fourth-order valence-electron chi connectivity index (χ4n) is 8.09. The number of hydrogen-bond acceptors (Lipinski definition) is 7. The quantitative estimate of drug-likeness (QED) is 0.296. The molecule has 3 unspecified atom stereocenters. The average Bonchev–Trinajstić information content (AvgIpc) is 3.61. The van der Waals surface area contributed by atoms with Crippen LogP contribution >= 0.6 is 11.6 Å². The van der Waals surface area contributed by atoms with E-state index < -0.39 is 6.17 Å². The van der Waals surface area contributed by atoms with Gasteiger partial charge in [0.25, 0.3) is 0 Å². The Kier molecular flexibility index (Phi) is 6.25. The molecule has 4 aliphatic heterocycles. The summed E-state index contributed by atoms with van der Waals surface area (Å²) in [5.74, 6) is 1.07. The highest BCUT2D eigenvalue weighted by Gasteiger charge is 2.49. The number of ether oxygens (including phenoxy) is 1. The number of hydrogen-bond donors (Lipinski definition) is 2. The van der Waals surface area contributed by atoms with E-state index in [1.54, 1.807) is 12.1 Å². The number of benzene rings is 3. The molecule has 0 spiro atoms. The van der Waals surface area contributed by atoms with E-state index in [9.17, 15) is 9.50 Å². The third-order valence-electron chi connectivity index (χ3n) is 10.0. The fourth-order valence-corrected chi connectivity index (χ4v) is 8.37. The third kappa shape index (κ3) is 4.29. The van der Waals surface area contributed by atoms with Gasteiger partial charge < -0.3 is 20.1 Å². The SMILES string of the molecule is Cc1c(-c2cc(O)cc3cccc(Cl)c23)ccc2c(N3CC4CCC(C3)N4)nc(OC[C@@]34CCCN3CC(F)C4)nc12. The minimum atomic E-state index is -0.813. The maximum absolute atomic E-state index is 14.5. The molecule has 0 saturated carbocycles. The number of nitrogens with one attached hydrogen (secondary N) is 1. The molecule has 1 aromatic heterocycles. The van der Waals surface area contributed by atoms with E-state index >= 15 is 0 Å². The van der Waals surface area contributed by atoms with Crippen LogP contribution < -0.4 is 15.0 Å². The van der Waals surface area contributed by atoms with Crippen molar-refractivity contribution in [3.63, 3.8) is 0 Å². The molecular formula is C33H35ClFN5O2. The number of phenolic OH excluding ortho intramolecular Hbond substituents is 1. The Bertz CT molecular complexity index is 1710. The first-order valence-corrected chi connectivity index (χ1v) is 15.5. The first-order chi connectivity index (χ1) is 20.4. The summed E-state index contributed by atoms with van der Waals surface area (Å²) in [4.78, 5) is 14.7. The average molecular weight is 588 g/mol. The molecule has 2 N–H and O–H groups in total. The highest BCUT2D eigenvalue weighted by Crippen LogP contribution is 2.43. The number of aryl methyl sites for hydroxylation is 1. The van der Waals surface area contributed by atoms with Gasteiger partial charge in [0.2, 0.25) is 0 Å². The first kappa shape index (κ1) is 26.4. The lowest BCUT2D eigenvalue weighted by molar-refractivity contribution is 0.107. The largest absolute Gasteiger partial charge is 0.508 e. The van der Waals surface area contributed by atoms with Crippen molar-refractivity contribution >= 4 is 39.1 Å². The maximum atomic E-state index is 14.5. The Labute approximate surface area is 249 Å². The van der Waals surface area contributed by atoms with E-state index in [4.69, 9.17) is 26.3 Å². The summed E-state index contributed by atoms with van der Waals surface area (Å²) in [6.45, 7) is 5.62. The summed E-state index contributed by atoms with van der Waals surface area (Å²) in [5.41, 5.74) is 3.32. The molecule has 2 bridgehead atoms. The minimum absolute atomic E-state index is 0.186. The summed E-state index contributed by atoms with van der Waals surface area (Å²) in [7, 11) is 0. The van der Waals surface area contributed by atoms with Gasteiger partial charge in [-0.05, 0) is 85.5 Å². The topological polar surface area (TPSA) is 73.8 Å². The molecule has 8 rings (SSSR count). The molecule has 4 aliphatic rings. The van der Waals surface area contributed by atoms with Crippen LogP contribution in [0.5, 0.6) is 11.8 Å². The van der Waals surface area contributed by atoms with Crippen LogP contribution in [0.1, 0.15) is 37.7 Å². The molecule has 42 heavy (non-hydrogen) atoms. The van der Waals surface area contributed by atoms with Crippen molar-refractivity contribution < 1.29 is 14.2 Å². The van der Waals surface area contributed by atoms with Crippen LogP contribution in [0, 0.1) is 6.92 Å². The van der Waals surface area contributed by atoms with E-state index in [2.05, 4.69) is 34.2 Å². The van der Waals surface area contributed by atoms with Gasteiger partial charge in [-0.15, -0.1) is 0 Å². The summed E-state index contributed by atoms with van der Waals surface area (Å²) in [6.07, 6.45) is 4.03. The number of aromatic hydroxyl groups is 1. The normalized spacial score (nSPS) is 27.3. The molecule has 9 heteroatoms. The highest BCUT2D eigenvalue weighted by molar-refractivity contribution is 6.36. The van der Waals surface area contributed by atoms with Crippen LogP contribution in [0.15, 0.2) is 42.5 Å². The maximum Gasteiger partial charge on any atom is 0.319 e. The van der Waals surface area contributed by atoms with Crippen molar-refractivity contribution in [1.82, 2.24) is 20.2 Å². The first-order valence-electron chi connectivity index (χ1n) is 15.1. The Morgan fingerprint density at radius 2 is 1.93 bits per heavy atom. The minimum Gasteiger partial charge on any atom is -0.508 e. The van der Waals surface area contributed by atoms with Gasteiger partial charge in [0, 0.05) is 53.9 Å². The van der Waals surface area contributed by atoms with Crippen LogP contribution in [-0.4, -0.2) is 76.6 Å². The van der Waals surface area contributed by atoms with Crippen LogP contribution in [-0.2, 0) is 0 Å². The molecule has 4 aromatic rings. The number of phenols is 1. The predicted molar refractivity (Wildman–Crippen MR) is 165 cm³/mol. The lowest BCUT2D eigenvalue weighted by Gasteiger charge is -2.35. The standard InChI is InChI=1S/C33H35ClFN5O2/c1-19-25(27-13-24(41)12-20-4-2-5-28(34)29(20)27)8-9-26-30(19)37-32(38-31(26)39-16-22-6-7-23(17-39)36-22)42-18-33-10-3-11-40(33)15-21(35)14-33/h2,4-5,8-9,12-13,21-23,36,41H,3,6-7,10-11,14-18H2,1H3/t21?,22?,23?,33-/m0/s1. The van der Waals surface area contributed by atoms with Gasteiger partial charge in [0.1, 0.15) is 24.3 Å². The number of aromatic nitrogens is 2. The van der Waals surface area contributed by atoms with Crippen molar-refractivity contribution in [3.05, 3.63) is 53.1 Å². The molecule has 218 valence electrons. The summed E-state index contributed by atoms with van der Waals surface area (Å²) < 4.78 is 20.9. The van der Waals surface area contributed by atoms with Gasteiger partial charge in [-0.3, -0.25) is 4.90 Å². The van der Waals surface area contributed by atoms with Crippen molar-refractivity contribution in [1.29, 1.82) is 0 Å². The molecular weight excluding hydrogens is 553 g/mol. The molecule has 3 aromatic carbocycles. The van der Waals surface area contributed by atoms with Gasteiger partial charge >= 0.3 is 6.01 Å². The van der Waals surface area contributed by atoms with Crippen molar-refractivity contribution in [2.45, 2.75) is 62.8 Å². The molecule has 5 heterocycles. The third-order valence-corrected chi connectivity index (χ3v) is 10.3. The van der Waals surface area contributed by atoms with E-state index in [0.717, 1.165) is 76.7 Å². The van der Waals surface area contributed by atoms with Gasteiger partial charge in [-0.1, -0.05) is 29.8 Å². The van der Waals surface area contributed by atoms with Crippen LogP contribution in [0.2, 0.25) is 5.02 Å². The second-order valence-corrected chi connectivity index (χ2v) is 13.1. The molecule has 7 nitrogen and oxygen atoms in total. The molecule has 0 aliphatic carbocycles. The summed E-state index contributed by atoms with van der Waals surface area (Å²) in [5, 5.41) is 17.7. The Hall–Kier alpha value is -3.20. The number of alkyl halides is 1. The second kappa shape index (κ2) is 9.93. The fraction of sp³-hybridized carbons (Fsp3) is 0.455. The van der Waals surface area contributed by atoms with Crippen molar-refractivity contribution in [2.24, 2.45) is 0 Å². The van der Waals surface area contributed by atoms with Crippen LogP contribution in [0.25, 0.3) is 32.8 Å². The number of nitrogens with zero attached hydrogens (tertiary/aromatic N) is 4. The van der Waals surface area contributed by atoms with E-state index in [-0.39, 0.29) is 11.3 Å². The number of piperazine rings is 1. The lowest BCUT2D eigenvalue weighted by Crippen LogP contribution is -2.51. The number of fused-ring (bicyclic) bond motifs is 5. The lowest BCUT2D eigenvalue weighted by atomic mass is 9.93. The monoisotopic (exact) mass is 587 g/mol. The summed E-state index contributed by atoms with van der Waals surface area (Å²) in [6, 6.07) is 14.7. The Balaban J connectivity index is 1.26. The van der Waals surface area contributed by atoms with Crippen LogP contribution in [0.4, 0.5) is 10.2 Å². The number of halogens is 2. The van der Waals surface area contributed by atoms with E-state index in [1.807, 2.05) is 18.2 Å². The zero-order valence-corrected chi connectivity index (χ0v) is 24.5. The van der Waals surface area contributed by atoms with Gasteiger partial charge in [-0.25, -0.2) is 4.39 Å².